The Morgan fingerprint density at radius 3 is 2.42 bits per heavy atom. The first-order valence-corrected chi connectivity index (χ1v) is 20.3. The van der Waals surface area contributed by atoms with E-state index < -0.39 is 6.09 Å². The molecule has 4 aliphatic carbocycles. The first-order valence-electron chi connectivity index (χ1n) is 19.5. The van der Waals surface area contributed by atoms with Crippen LogP contribution in [0.3, 0.4) is 0 Å². The number of hydrogen-bond donors (Lipinski definition) is 4. The minimum Gasteiger partial charge on any atom is -0.465 e. The van der Waals surface area contributed by atoms with Gasteiger partial charge >= 0.3 is 6.09 Å². The molecule has 55 heavy (non-hydrogen) atoms. The van der Waals surface area contributed by atoms with E-state index in [1.807, 2.05) is 54.7 Å². The number of benzene rings is 2. The lowest BCUT2D eigenvalue weighted by Gasteiger charge is -2.56. The maximum Gasteiger partial charge on any atom is 0.404 e. The minimum absolute atomic E-state index is 0.209. The van der Waals surface area contributed by atoms with Gasteiger partial charge < -0.3 is 20.6 Å². The Morgan fingerprint density at radius 2 is 1.65 bits per heavy atom. The van der Waals surface area contributed by atoms with Crippen molar-refractivity contribution in [3.05, 3.63) is 88.9 Å². The fourth-order valence-electron chi connectivity index (χ4n) is 10.3. The first kappa shape index (κ1) is 35.4. The van der Waals surface area contributed by atoms with Crippen LogP contribution in [0.1, 0.15) is 82.6 Å². The highest BCUT2D eigenvalue weighted by Gasteiger charge is 2.51. The van der Waals surface area contributed by atoms with Gasteiger partial charge in [-0.25, -0.2) is 14.8 Å². The molecule has 4 bridgehead atoms. The highest BCUT2D eigenvalue weighted by Crippen LogP contribution is 2.60. The summed E-state index contributed by atoms with van der Waals surface area (Å²) in [5.74, 6) is 2.67. The number of rotatable bonds is 11. The summed E-state index contributed by atoms with van der Waals surface area (Å²) in [6.45, 7) is 4.65. The molecular formula is C42H46N8O4S. The van der Waals surface area contributed by atoms with Crippen LogP contribution in [0.4, 0.5) is 15.7 Å². The Balaban J connectivity index is 0.984. The summed E-state index contributed by atoms with van der Waals surface area (Å²) in [7, 11) is 0. The van der Waals surface area contributed by atoms with Crippen LogP contribution in [-0.2, 0) is 19.5 Å². The van der Waals surface area contributed by atoms with Crippen molar-refractivity contribution < 1.29 is 19.5 Å². The van der Waals surface area contributed by atoms with Crippen LogP contribution in [0.25, 0.3) is 21.3 Å². The Morgan fingerprint density at radius 1 is 0.891 bits per heavy atom. The number of carbonyl (C=O) groups excluding carboxylic acids is 2. The maximum absolute atomic E-state index is 14.0. The molecule has 0 atom stereocenters. The van der Waals surface area contributed by atoms with Crippen molar-refractivity contribution in [3.8, 4) is 11.1 Å². The molecular weight excluding hydrogens is 713 g/mol. The van der Waals surface area contributed by atoms with Gasteiger partial charge in [-0.05, 0) is 123 Å². The number of thiazole rings is 1. The monoisotopic (exact) mass is 758 g/mol. The number of pyridine rings is 1. The molecule has 3 amide bonds. The van der Waals surface area contributed by atoms with Crippen molar-refractivity contribution in [1.82, 2.24) is 30.4 Å². The lowest BCUT2D eigenvalue weighted by atomic mass is 9.49. The normalized spacial score (nSPS) is 22.4. The molecule has 4 N–H and O–H groups in total. The van der Waals surface area contributed by atoms with Crippen molar-refractivity contribution in [2.45, 2.75) is 71.4 Å². The predicted molar refractivity (Wildman–Crippen MR) is 213 cm³/mol. The van der Waals surface area contributed by atoms with Crippen LogP contribution in [-0.4, -0.2) is 62.4 Å². The largest absolute Gasteiger partial charge is 0.465 e. The van der Waals surface area contributed by atoms with E-state index in [0.717, 1.165) is 63.3 Å². The number of fused-ring (bicyclic) bond motifs is 2. The van der Waals surface area contributed by atoms with Crippen molar-refractivity contribution in [2.75, 3.05) is 29.9 Å². The van der Waals surface area contributed by atoms with E-state index in [2.05, 4.69) is 43.5 Å². The molecule has 4 saturated carbocycles. The second-order valence-corrected chi connectivity index (χ2v) is 17.2. The van der Waals surface area contributed by atoms with Crippen molar-refractivity contribution in [3.63, 3.8) is 0 Å². The van der Waals surface area contributed by atoms with Crippen LogP contribution in [0, 0.1) is 30.1 Å². The Hall–Kier alpha value is -5.30. The third kappa shape index (κ3) is 7.05. The summed E-state index contributed by atoms with van der Waals surface area (Å²) < 4.78 is 3.17. The van der Waals surface area contributed by atoms with Gasteiger partial charge in [0.05, 0.1) is 16.4 Å². The summed E-state index contributed by atoms with van der Waals surface area (Å²) in [5, 5.41) is 22.8. The fourth-order valence-corrected chi connectivity index (χ4v) is 11.2. The van der Waals surface area contributed by atoms with E-state index in [9.17, 15) is 14.4 Å². The number of aromatic nitrogens is 4. The van der Waals surface area contributed by atoms with Gasteiger partial charge in [-0.2, -0.15) is 5.10 Å². The molecule has 2 aromatic carbocycles. The van der Waals surface area contributed by atoms with Crippen LogP contribution >= 0.6 is 11.3 Å². The Bertz CT molecular complexity index is 2230. The number of para-hydroxylation sites is 1. The zero-order valence-electron chi connectivity index (χ0n) is 31.0. The van der Waals surface area contributed by atoms with Crippen molar-refractivity contribution in [2.24, 2.45) is 23.2 Å². The van der Waals surface area contributed by atoms with Crippen molar-refractivity contribution >= 4 is 50.4 Å². The third-order valence-corrected chi connectivity index (χ3v) is 13.4. The van der Waals surface area contributed by atoms with E-state index >= 15 is 0 Å². The first-order chi connectivity index (χ1) is 26.7. The lowest BCUT2D eigenvalue weighted by molar-refractivity contribution is -0.0638. The average Bonchev–Trinajstić information content (AvgIpc) is 3.74. The number of anilines is 2. The average molecular weight is 759 g/mol. The molecule has 12 nitrogen and oxygen atoms in total. The molecule has 10 rings (SSSR count). The van der Waals surface area contributed by atoms with Gasteiger partial charge in [0.1, 0.15) is 11.5 Å². The molecule has 284 valence electrons. The van der Waals surface area contributed by atoms with E-state index in [-0.39, 0.29) is 18.4 Å². The molecule has 3 aromatic heterocycles. The van der Waals surface area contributed by atoms with Gasteiger partial charge in [0, 0.05) is 55.1 Å². The summed E-state index contributed by atoms with van der Waals surface area (Å²) in [6.07, 6.45) is 10.0. The number of nitrogens with zero attached hydrogens (tertiary/aromatic N) is 5. The highest BCUT2D eigenvalue weighted by molar-refractivity contribution is 7.22. The summed E-state index contributed by atoms with van der Waals surface area (Å²) in [5.41, 5.74) is 6.72. The molecule has 4 fully saturated rings. The molecule has 13 heteroatoms. The van der Waals surface area contributed by atoms with Gasteiger partial charge in [0.25, 0.3) is 11.8 Å². The summed E-state index contributed by atoms with van der Waals surface area (Å²) in [4.78, 5) is 50.3. The summed E-state index contributed by atoms with van der Waals surface area (Å²) >= 11 is 1.45. The zero-order chi connectivity index (χ0) is 37.7. The van der Waals surface area contributed by atoms with Crippen LogP contribution < -0.4 is 20.9 Å². The molecule has 0 radical (unpaired) electrons. The van der Waals surface area contributed by atoms with Gasteiger partial charge in [0.2, 0.25) is 0 Å². The summed E-state index contributed by atoms with van der Waals surface area (Å²) in [6, 6.07) is 17.6. The smallest absolute Gasteiger partial charge is 0.404 e. The fraction of sp³-hybridized carbons (Fsp3) is 0.429. The predicted octanol–water partition coefficient (Wildman–Crippen LogP) is 7.28. The Kier molecular flexibility index (Phi) is 9.27. The molecule has 4 heterocycles. The highest BCUT2D eigenvalue weighted by atomic mass is 32.1. The second kappa shape index (κ2) is 14.4. The van der Waals surface area contributed by atoms with Gasteiger partial charge in [0.15, 0.2) is 5.13 Å². The quantitative estimate of drug-likeness (QED) is 0.103. The lowest BCUT2D eigenvalue weighted by Crippen LogP contribution is -2.48. The topological polar surface area (TPSA) is 154 Å². The minimum atomic E-state index is -1.09. The molecule has 1 aliphatic heterocycles. The van der Waals surface area contributed by atoms with Crippen LogP contribution in [0.2, 0.25) is 0 Å². The standard InChI is InChI=1S/C42H46N8O4S/c1-25-32(22-45-50(25)24-42-19-26-16-27(20-42)18-28(17-26)21-42)30-10-11-36(47-37(30)39(52)43-13-5-14-44-41(53)54)49-15-12-29-6-4-7-31(33(29)23-49)38(51)48-40-46-34-8-2-3-9-35(34)55-40/h2-4,6-11,22,26-28,44H,5,12-21,23-24H2,1H3,(H,43,52)(H,53,54)(H,46,48,51). The van der Waals surface area contributed by atoms with E-state index in [1.54, 1.807) is 0 Å². The van der Waals surface area contributed by atoms with Gasteiger partial charge in [-0.15, -0.1) is 0 Å². The van der Waals surface area contributed by atoms with E-state index in [1.165, 1.54) is 49.9 Å². The second-order valence-electron chi connectivity index (χ2n) is 16.2. The number of amides is 3. The maximum atomic E-state index is 14.0. The number of nitrogens with one attached hydrogen (secondary N) is 3. The van der Waals surface area contributed by atoms with Gasteiger partial charge in [-0.3, -0.25) is 19.6 Å². The molecule has 5 aliphatic rings. The Labute approximate surface area is 323 Å². The van der Waals surface area contributed by atoms with E-state index in [0.29, 0.717) is 59.2 Å². The molecule has 0 unspecified atom stereocenters. The number of hydrogen-bond acceptors (Lipinski definition) is 8. The molecule has 0 saturated heterocycles. The van der Waals surface area contributed by atoms with Crippen molar-refractivity contribution in [1.29, 1.82) is 0 Å². The van der Waals surface area contributed by atoms with Crippen LogP contribution in [0.5, 0.6) is 0 Å². The number of carboxylic acid groups (broad SMARTS) is 1. The van der Waals surface area contributed by atoms with Crippen LogP contribution in [0.15, 0.2) is 60.8 Å². The molecule has 5 aromatic rings. The van der Waals surface area contributed by atoms with E-state index in [4.69, 9.17) is 15.2 Å². The third-order valence-electron chi connectivity index (χ3n) is 12.4. The SMILES string of the molecule is Cc1c(-c2ccc(N3CCc4cccc(C(=O)Nc5nc6ccccc6s5)c4C3)nc2C(=O)NCCCNC(=O)O)cnn1CC12CC3CC(CC(C3)C1)C2. The van der Waals surface area contributed by atoms with Gasteiger partial charge in [-0.1, -0.05) is 35.6 Å². The number of carbonyl (C=O) groups is 3. The zero-order valence-corrected chi connectivity index (χ0v) is 31.8. The molecule has 0 spiro atoms.